The Labute approximate surface area is 152 Å². The van der Waals surface area contributed by atoms with Gasteiger partial charge in [0.05, 0.1) is 13.2 Å². The van der Waals surface area contributed by atoms with Crippen molar-refractivity contribution in [3.8, 4) is 11.5 Å². The number of halogens is 3. The smallest absolute Gasteiger partial charge is 0.387 e. The highest BCUT2D eigenvalue weighted by molar-refractivity contribution is 7.99. The molecule has 4 nitrogen and oxygen atoms in total. The zero-order valence-electron chi connectivity index (χ0n) is 13.8. The summed E-state index contributed by atoms with van der Waals surface area (Å²) in [5.74, 6) is -0.170. The first-order chi connectivity index (χ1) is 12.5. The Balaban J connectivity index is 1.82. The van der Waals surface area contributed by atoms with Crippen LogP contribution in [-0.2, 0) is 0 Å². The Morgan fingerprint density at radius 2 is 2.04 bits per heavy atom. The number of fused-ring (bicyclic) bond motifs is 1. The lowest BCUT2D eigenvalue weighted by atomic mass is 10.0. The van der Waals surface area contributed by atoms with Gasteiger partial charge >= 0.3 is 6.61 Å². The second kappa shape index (κ2) is 7.90. The third-order valence-electron chi connectivity index (χ3n) is 3.96. The molecule has 1 amide bonds. The van der Waals surface area contributed by atoms with E-state index in [4.69, 9.17) is 4.74 Å². The minimum absolute atomic E-state index is 0.100. The average molecular weight is 383 g/mol. The van der Waals surface area contributed by atoms with Crippen molar-refractivity contribution in [1.82, 2.24) is 5.32 Å². The summed E-state index contributed by atoms with van der Waals surface area (Å²) in [6.07, 6.45) is 0.642. The molecule has 1 aliphatic rings. The van der Waals surface area contributed by atoms with Crippen LogP contribution < -0.4 is 14.8 Å². The maximum atomic E-state index is 13.6. The minimum atomic E-state index is -3.03. The number of methoxy groups -OCH3 is 1. The average Bonchev–Trinajstić information content (AvgIpc) is 2.61. The Bertz CT molecular complexity index is 816. The molecule has 1 atom stereocenters. The third-order valence-corrected chi connectivity index (χ3v) is 5.08. The number of alkyl halides is 2. The number of benzene rings is 2. The van der Waals surface area contributed by atoms with Crippen molar-refractivity contribution < 1.29 is 27.4 Å². The molecule has 0 fully saturated rings. The minimum Gasteiger partial charge on any atom is -0.493 e. The van der Waals surface area contributed by atoms with E-state index >= 15 is 0 Å². The molecule has 0 spiro atoms. The van der Waals surface area contributed by atoms with Gasteiger partial charge in [0.2, 0.25) is 0 Å². The molecular formula is C18H16F3NO3S. The molecule has 0 bridgehead atoms. The van der Waals surface area contributed by atoms with Crippen LogP contribution in [-0.4, -0.2) is 25.4 Å². The van der Waals surface area contributed by atoms with Crippen LogP contribution in [0.25, 0.3) is 0 Å². The van der Waals surface area contributed by atoms with E-state index in [0.29, 0.717) is 12.0 Å². The molecule has 0 saturated heterocycles. The fraction of sp³-hybridized carbons (Fsp3) is 0.278. The van der Waals surface area contributed by atoms with Gasteiger partial charge in [-0.3, -0.25) is 4.79 Å². The number of ether oxygens (including phenoxy) is 2. The number of hydrogen-bond donors (Lipinski definition) is 1. The standard InChI is InChI=1S/C18H16F3NO3S/c1-24-14-4-2-10(8-15(14)25-18(20)21)17(23)22-13-6-7-26-16-5-3-11(19)9-12(13)16/h2-5,8-9,13,18H,6-7H2,1H3,(H,22,23). The normalized spacial score (nSPS) is 16.1. The maximum Gasteiger partial charge on any atom is 0.387 e. The monoisotopic (exact) mass is 383 g/mol. The van der Waals surface area contributed by atoms with Crippen molar-refractivity contribution in [2.75, 3.05) is 12.9 Å². The van der Waals surface area contributed by atoms with Crippen LogP contribution in [0.3, 0.4) is 0 Å². The lowest BCUT2D eigenvalue weighted by Gasteiger charge is -2.26. The topological polar surface area (TPSA) is 47.6 Å². The van der Waals surface area contributed by atoms with Crippen molar-refractivity contribution in [2.45, 2.75) is 24.0 Å². The summed E-state index contributed by atoms with van der Waals surface area (Å²) in [7, 11) is 1.32. The molecule has 1 N–H and O–H groups in total. The van der Waals surface area contributed by atoms with Crippen LogP contribution in [0.4, 0.5) is 13.2 Å². The lowest BCUT2D eigenvalue weighted by Crippen LogP contribution is -2.30. The largest absolute Gasteiger partial charge is 0.493 e. The fourth-order valence-electron chi connectivity index (χ4n) is 2.76. The van der Waals surface area contributed by atoms with Gasteiger partial charge in [0.1, 0.15) is 5.82 Å². The molecule has 1 heterocycles. The summed E-state index contributed by atoms with van der Waals surface area (Å²) in [6, 6.07) is 8.17. The van der Waals surface area contributed by atoms with E-state index < -0.39 is 12.5 Å². The summed E-state index contributed by atoms with van der Waals surface area (Å²) in [6.45, 7) is -3.03. The number of amides is 1. The van der Waals surface area contributed by atoms with Crippen molar-refractivity contribution in [3.05, 3.63) is 53.3 Å². The van der Waals surface area contributed by atoms with Crippen molar-refractivity contribution in [3.63, 3.8) is 0 Å². The Morgan fingerprint density at radius 1 is 1.23 bits per heavy atom. The van der Waals surface area contributed by atoms with Crippen LogP contribution in [0.2, 0.25) is 0 Å². The molecule has 1 aliphatic heterocycles. The van der Waals surface area contributed by atoms with Crippen molar-refractivity contribution in [1.29, 1.82) is 0 Å². The first-order valence-electron chi connectivity index (χ1n) is 7.84. The van der Waals surface area contributed by atoms with Gasteiger partial charge in [-0.25, -0.2) is 4.39 Å². The van der Waals surface area contributed by atoms with E-state index in [1.165, 1.54) is 37.4 Å². The Morgan fingerprint density at radius 3 is 2.77 bits per heavy atom. The van der Waals surface area contributed by atoms with Gasteiger partial charge in [0.15, 0.2) is 11.5 Å². The fourth-order valence-corrected chi connectivity index (χ4v) is 3.87. The molecule has 138 valence electrons. The summed E-state index contributed by atoms with van der Waals surface area (Å²) in [5, 5.41) is 2.83. The number of hydrogen-bond acceptors (Lipinski definition) is 4. The molecule has 0 saturated carbocycles. The molecule has 2 aromatic rings. The second-order valence-electron chi connectivity index (χ2n) is 5.59. The van der Waals surface area contributed by atoms with Crippen LogP contribution >= 0.6 is 11.8 Å². The highest BCUT2D eigenvalue weighted by Gasteiger charge is 2.24. The summed E-state index contributed by atoms with van der Waals surface area (Å²) >= 11 is 1.60. The first kappa shape index (κ1) is 18.4. The molecule has 0 radical (unpaired) electrons. The SMILES string of the molecule is COc1ccc(C(=O)NC2CCSc3ccc(F)cc32)cc1OC(F)F. The van der Waals surface area contributed by atoms with Gasteiger partial charge < -0.3 is 14.8 Å². The van der Waals surface area contributed by atoms with Crippen LogP contribution in [0.5, 0.6) is 11.5 Å². The molecule has 0 aromatic heterocycles. The number of carbonyl (C=O) groups excluding carboxylic acids is 1. The number of nitrogens with one attached hydrogen (secondary N) is 1. The third kappa shape index (κ3) is 4.07. The van der Waals surface area contributed by atoms with Gasteiger partial charge in [0, 0.05) is 16.2 Å². The highest BCUT2D eigenvalue weighted by Crippen LogP contribution is 2.37. The van der Waals surface area contributed by atoms with E-state index in [2.05, 4.69) is 10.1 Å². The summed E-state index contributed by atoms with van der Waals surface area (Å²) in [4.78, 5) is 13.5. The first-order valence-corrected chi connectivity index (χ1v) is 8.82. The lowest BCUT2D eigenvalue weighted by molar-refractivity contribution is -0.0512. The van der Waals surface area contributed by atoms with Gasteiger partial charge in [-0.2, -0.15) is 8.78 Å². The second-order valence-corrected chi connectivity index (χ2v) is 6.73. The predicted octanol–water partition coefficient (Wildman–Crippen LogP) is 4.40. The zero-order chi connectivity index (χ0) is 18.7. The van der Waals surface area contributed by atoms with Crippen LogP contribution in [0.15, 0.2) is 41.3 Å². The van der Waals surface area contributed by atoms with E-state index in [1.807, 2.05) is 0 Å². The molecule has 1 unspecified atom stereocenters. The van der Waals surface area contributed by atoms with E-state index in [1.54, 1.807) is 17.8 Å². The molecule has 8 heteroatoms. The summed E-state index contributed by atoms with van der Waals surface area (Å²) < 4.78 is 48.0. The van der Waals surface area contributed by atoms with Gasteiger partial charge in [0.25, 0.3) is 5.91 Å². The van der Waals surface area contributed by atoms with Crippen LogP contribution in [0, 0.1) is 5.82 Å². The van der Waals surface area contributed by atoms with Crippen molar-refractivity contribution >= 4 is 17.7 Å². The number of thioether (sulfide) groups is 1. The maximum absolute atomic E-state index is 13.6. The van der Waals surface area contributed by atoms with E-state index in [0.717, 1.165) is 10.6 Å². The predicted molar refractivity (Wildman–Crippen MR) is 91.6 cm³/mol. The van der Waals surface area contributed by atoms with Gasteiger partial charge in [-0.05, 0) is 48.4 Å². The molecule has 3 rings (SSSR count). The Hall–Kier alpha value is -2.35. The molecule has 26 heavy (non-hydrogen) atoms. The van der Waals surface area contributed by atoms with E-state index in [9.17, 15) is 18.0 Å². The molecular weight excluding hydrogens is 367 g/mol. The van der Waals surface area contributed by atoms with Gasteiger partial charge in [-0.15, -0.1) is 11.8 Å². The van der Waals surface area contributed by atoms with Crippen LogP contribution in [0.1, 0.15) is 28.4 Å². The van der Waals surface area contributed by atoms with Gasteiger partial charge in [-0.1, -0.05) is 0 Å². The summed E-state index contributed by atoms with van der Waals surface area (Å²) in [5.41, 5.74) is 0.866. The number of rotatable bonds is 5. The van der Waals surface area contributed by atoms with Crippen molar-refractivity contribution in [2.24, 2.45) is 0 Å². The number of carbonyl (C=O) groups is 1. The molecule has 0 aliphatic carbocycles. The zero-order valence-corrected chi connectivity index (χ0v) is 14.6. The molecule has 2 aromatic carbocycles. The highest BCUT2D eigenvalue weighted by atomic mass is 32.2. The van der Waals surface area contributed by atoms with E-state index in [-0.39, 0.29) is 28.9 Å². The quantitative estimate of drug-likeness (QED) is 0.831. The Kier molecular flexibility index (Phi) is 5.61.